The van der Waals surface area contributed by atoms with Crippen molar-refractivity contribution in [2.24, 2.45) is 0 Å². The number of hydrogen-bond acceptors (Lipinski definition) is 5. The molecule has 0 aliphatic heterocycles. The standard InChI is InChI=1S/C15H16O5/c16-10-3-1-2-9(4-10)5-11(17)6-13-14(19)7-12(18)8-15(13)20/h1-4,7-8,11,16-20H,5-6H2. The second-order valence-corrected chi connectivity index (χ2v) is 4.69. The van der Waals surface area contributed by atoms with Crippen molar-refractivity contribution < 1.29 is 25.5 Å². The van der Waals surface area contributed by atoms with E-state index in [9.17, 15) is 25.5 Å². The zero-order chi connectivity index (χ0) is 14.7. The topological polar surface area (TPSA) is 101 Å². The fourth-order valence-electron chi connectivity index (χ4n) is 2.10. The Labute approximate surface area is 116 Å². The van der Waals surface area contributed by atoms with Crippen molar-refractivity contribution >= 4 is 0 Å². The Balaban J connectivity index is 2.10. The Kier molecular flexibility index (Phi) is 4.00. The van der Waals surface area contributed by atoms with E-state index < -0.39 is 6.10 Å². The third kappa shape index (κ3) is 3.33. The van der Waals surface area contributed by atoms with Crippen LogP contribution in [0.25, 0.3) is 0 Å². The molecule has 5 N–H and O–H groups in total. The van der Waals surface area contributed by atoms with Crippen molar-refractivity contribution in [1.82, 2.24) is 0 Å². The smallest absolute Gasteiger partial charge is 0.126 e. The van der Waals surface area contributed by atoms with Gasteiger partial charge >= 0.3 is 0 Å². The molecule has 5 nitrogen and oxygen atoms in total. The van der Waals surface area contributed by atoms with Gasteiger partial charge in [0.05, 0.1) is 6.10 Å². The molecule has 0 aromatic heterocycles. The first kappa shape index (κ1) is 14.0. The number of phenols is 4. The molecule has 0 heterocycles. The maximum absolute atomic E-state index is 10.00. The average molecular weight is 276 g/mol. The molecule has 0 amide bonds. The lowest BCUT2D eigenvalue weighted by Crippen LogP contribution is -2.14. The van der Waals surface area contributed by atoms with Gasteiger partial charge < -0.3 is 25.5 Å². The minimum atomic E-state index is -0.835. The number of aromatic hydroxyl groups is 4. The summed E-state index contributed by atoms with van der Waals surface area (Å²) in [5.41, 5.74) is 0.922. The average Bonchev–Trinajstić information content (AvgIpc) is 2.33. The lowest BCUT2D eigenvalue weighted by Gasteiger charge is -2.13. The lowest BCUT2D eigenvalue weighted by molar-refractivity contribution is 0.173. The van der Waals surface area contributed by atoms with Crippen LogP contribution in [0.15, 0.2) is 36.4 Å². The third-order valence-corrected chi connectivity index (χ3v) is 3.01. The van der Waals surface area contributed by atoms with Crippen molar-refractivity contribution in [3.63, 3.8) is 0 Å². The summed E-state index contributed by atoms with van der Waals surface area (Å²) in [6.45, 7) is 0. The summed E-state index contributed by atoms with van der Waals surface area (Å²) in [6.07, 6.45) is -0.528. The van der Waals surface area contributed by atoms with Crippen molar-refractivity contribution in [3.8, 4) is 23.0 Å². The molecule has 1 unspecified atom stereocenters. The quantitative estimate of drug-likeness (QED) is 0.584. The summed E-state index contributed by atoms with van der Waals surface area (Å²) in [7, 11) is 0. The van der Waals surface area contributed by atoms with E-state index in [1.165, 1.54) is 6.07 Å². The first-order chi connectivity index (χ1) is 9.45. The third-order valence-electron chi connectivity index (χ3n) is 3.01. The lowest BCUT2D eigenvalue weighted by atomic mass is 9.99. The van der Waals surface area contributed by atoms with E-state index in [-0.39, 0.29) is 41.4 Å². The summed E-state index contributed by atoms with van der Waals surface area (Å²) in [5, 5.41) is 47.9. The molecule has 0 aliphatic carbocycles. The van der Waals surface area contributed by atoms with Gasteiger partial charge in [-0.2, -0.15) is 0 Å². The second kappa shape index (κ2) is 5.71. The van der Waals surface area contributed by atoms with Crippen molar-refractivity contribution in [1.29, 1.82) is 0 Å². The predicted molar refractivity (Wildman–Crippen MR) is 73.0 cm³/mol. The Morgan fingerprint density at radius 1 is 0.800 bits per heavy atom. The highest BCUT2D eigenvalue weighted by Gasteiger charge is 2.15. The molecule has 20 heavy (non-hydrogen) atoms. The largest absolute Gasteiger partial charge is 0.508 e. The van der Waals surface area contributed by atoms with E-state index >= 15 is 0 Å². The fourth-order valence-corrected chi connectivity index (χ4v) is 2.10. The van der Waals surface area contributed by atoms with E-state index in [1.54, 1.807) is 18.2 Å². The zero-order valence-electron chi connectivity index (χ0n) is 10.7. The van der Waals surface area contributed by atoms with Crippen molar-refractivity contribution in [2.45, 2.75) is 18.9 Å². The van der Waals surface area contributed by atoms with Crippen LogP contribution in [0.1, 0.15) is 11.1 Å². The van der Waals surface area contributed by atoms with Gasteiger partial charge in [0.2, 0.25) is 0 Å². The number of benzene rings is 2. The van der Waals surface area contributed by atoms with Crippen LogP contribution in [-0.4, -0.2) is 31.6 Å². The van der Waals surface area contributed by atoms with Gasteiger partial charge in [0.1, 0.15) is 23.0 Å². The first-order valence-corrected chi connectivity index (χ1v) is 6.15. The predicted octanol–water partition coefficient (Wildman–Crippen LogP) is 1.66. The summed E-state index contributed by atoms with van der Waals surface area (Å²) in [4.78, 5) is 0. The zero-order valence-corrected chi connectivity index (χ0v) is 10.7. The highest BCUT2D eigenvalue weighted by Crippen LogP contribution is 2.33. The van der Waals surface area contributed by atoms with Crippen LogP contribution in [0, 0.1) is 0 Å². The van der Waals surface area contributed by atoms with E-state index in [4.69, 9.17) is 0 Å². The molecule has 5 heteroatoms. The maximum atomic E-state index is 10.00. The van der Waals surface area contributed by atoms with E-state index in [0.29, 0.717) is 0 Å². The molecule has 0 saturated heterocycles. The molecule has 0 spiro atoms. The molecule has 0 saturated carbocycles. The number of hydrogen-bond donors (Lipinski definition) is 5. The summed E-state index contributed by atoms with van der Waals surface area (Å²) in [6, 6.07) is 8.73. The minimum Gasteiger partial charge on any atom is -0.508 e. The fraction of sp³-hybridized carbons (Fsp3) is 0.200. The van der Waals surface area contributed by atoms with Crippen LogP contribution in [0.4, 0.5) is 0 Å². The summed E-state index contributed by atoms with van der Waals surface area (Å²) in [5.74, 6) is -0.661. The molecule has 1 atom stereocenters. The van der Waals surface area contributed by atoms with Crippen LogP contribution in [-0.2, 0) is 12.8 Å². The van der Waals surface area contributed by atoms with Gasteiger partial charge in [-0.15, -0.1) is 0 Å². The van der Waals surface area contributed by atoms with Crippen LogP contribution in [0.2, 0.25) is 0 Å². The van der Waals surface area contributed by atoms with Crippen molar-refractivity contribution in [3.05, 3.63) is 47.5 Å². The molecule has 106 valence electrons. The van der Waals surface area contributed by atoms with Gasteiger partial charge in [0.25, 0.3) is 0 Å². The van der Waals surface area contributed by atoms with E-state index in [1.807, 2.05) is 0 Å². The van der Waals surface area contributed by atoms with E-state index in [0.717, 1.165) is 17.7 Å². The van der Waals surface area contributed by atoms with Gasteiger partial charge in [-0.05, 0) is 24.1 Å². The van der Waals surface area contributed by atoms with Gasteiger partial charge in [-0.25, -0.2) is 0 Å². The number of aliphatic hydroxyl groups excluding tert-OH is 1. The molecule has 2 aromatic carbocycles. The van der Waals surface area contributed by atoms with Crippen LogP contribution in [0.5, 0.6) is 23.0 Å². The Morgan fingerprint density at radius 3 is 2.05 bits per heavy atom. The van der Waals surface area contributed by atoms with Gasteiger partial charge in [-0.3, -0.25) is 0 Å². The normalized spacial score (nSPS) is 12.2. The Hall–Kier alpha value is -2.40. The van der Waals surface area contributed by atoms with E-state index in [2.05, 4.69) is 0 Å². The van der Waals surface area contributed by atoms with Crippen LogP contribution >= 0.6 is 0 Å². The molecule has 0 aliphatic rings. The summed E-state index contributed by atoms with van der Waals surface area (Å²) >= 11 is 0. The molecule has 2 rings (SSSR count). The monoisotopic (exact) mass is 276 g/mol. The molecule has 2 aromatic rings. The molecule has 0 radical (unpaired) electrons. The Bertz CT molecular complexity index is 586. The number of phenolic OH excluding ortho intramolecular Hbond substituents is 4. The van der Waals surface area contributed by atoms with Gasteiger partial charge in [-0.1, -0.05) is 12.1 Å². The summed E-state index contributed by atoms with van der Waals surface area (Å²) < 4.78 is 0. The number of rotatable bonds is 4. The SMILES string of the molecule is Oc1cccc(CC(O)Cc2c(O)cc(O)cc2O)c1. The van der Waals surface area contributed by atoms with Gasteiger partial charge in [0, 0.05) is 24.1 Å². The maximum Gasteiger partial charge on any atom is 0.126 e. The van der Waals surface area contributed by atoms with Crippen LogP contribution in [0.3, 0.4) is 0 Å². The minimum absolute atomic E-state index is 0.0353. The molecular formula is C15H16O5. The number of aliphatic hydroxyl groups is 1. The van der Waals surface area contributed by atoms with Gasteiger partial charge in [0.15, 0.2) is 0 Å². The highest BCUT2D eigenvalue weighted by atomic mass is 16.3. The van der Waals surface area contributed by atoms with Crippen LogP contribution < -0.4 is 0 Å². The Morgan fingerprint density at radius 2 is 1.45 bits per heavy atom. The molecular weight excluding hydrogens is 260 g/mol. The van der Waals surface area contributed by atoms with Crippen molar-refractivity contribution in [2.75, 3.05) is 0 Å². The molecule has 0 bridgehead atoms. The second-order valence-electron chi connectivity index (χ2n) is 4.69. The highest BCUT2D eigenvalue weighted by molar-refractivity contribution is 5.49. The molecule has 0 fully saturated rings. The first-order valence-electron chi connectivity index (χ1n) is 6.15.